The zero-order valence-corrected chi connectivity index (χ0v) is 16.0. The molecule has 0 amide bonds. The van der Waals surface area contributed by atoms with Gasteiger partial charge in [0, 0.05) is 36.1 Å². The molecule has 0 aliphatic rings. The smallest absolute Gasteiger partial charge is 0.181 e. The van der Waals surface area contributed by atoms with Crippen LogP contribution in [0.1, 0.15) is 17.0 Å². The molecule has 142 valence electrons. The Morgan fingerprint density at radius 2 is 1.82 bits per heavy atom. The quantitative estimate of drug-likeness (QED) is 0.539. The first-order valence-electron chi connectivity index (χ1n) is 8.86. The molecule has 28 heavy (non-hydrogen) atoms. The van der Waals surface area contributed by atoms with Crippen molar-refractivity contribution in [3.05, 3.63) is 65.7 Å². The monoisotopic (exact) mass is 375 g/mol. The Kier molecular flexibility index (Phi) is 4.57. The third-order valence-corrected chi connectivity index (χ3v) is 4.70. The predicted molar refractivity (Wildman–Crippen MR) is 108 cm³/mol. The molecule has 0 spiro atoms. The molecule has 2 aromatic carbocycles. The summed E-state index contributed by atoms with van der Waals surface area (Å²) >= 11 is 0. The first-order chi connectivity index (χ1) is 13.6. The number of hydrogen-bond donors (Lipinski definition) is 1. The van der Waals surface area contributed by atoms with Crippen molar-refractivity contribution in [2.45, 2.75) is 13.3 Å². The van der Waals surface area contributed by atoms with Gasteiger partial charge in [-0.2, -0.15) is 5.10 Å². The Balaban J connectivity index is 1.76. The maximum Gasteiger partial charge on any atom is 0.181 e. The lowest BCUT2D eigenvalue weighted by atomic mass is 10.0. The Bertz CT molecular complexity index is 1130. The van der Waals surface area contributed by atoms with Crippen LogP contribution in [-0.4, -0.2) is 33.8 Å². The van der Waals surface area contributed by atoms with Crippen LogP contribution in [0.3, 0.4) is 0 Å². The first-order valence-corrected chi connectivity index (χ1v) is 8.86. The minimum atomic E-state index is 0.546. The van der Waals surface area contributed by atoms with Crippen molar-refractivity contribution in [2.75, 3.05) is 20.0 Å². The highest BCUT2D eigenvalue weighted by Gasteiger charge is 2.14. The van der Waals surface area contributed by atoms with E-state index in [-0.39, 0.29) is 0 Å². The van der Waals surface area contributed by atoms with Crippen molar-refractivity contribution in [1.29, 1.82) is 0 Å². The Morgan fingerprint density at radius 3 is 2.54 bits per heavy atom. The summed E-state index contributed by atoms with van der Waals surface area (Å²) in [6.07, 6.45) is 4.06. The zero-order chi connectivity index (χ0) is 19.7. The molecule has 0 radical (unpaired) electrons. The molecular formula is C21H21N5O2. The summed E-state index contributed by atoms with van der Waals surface area (Å²) in [5.41, 5.74) is 11.2. The number of hydrogen-bond acceptors (Lipinski definition) is 6. The van der Waals surface area contributed by atoms with Gasteiger partial charge in [-0.05, 0) is 36.2 Å². The van der Waals surface area contributed by atoms with Crippen molar-refractivity contribution >= 4 is 11.3 Å². The molecule has 0 atom stereocenters. The highest BCUT2D eigenvalue weighted by molar-refractivity contribution is 5.78. The van der Waals surface area contributed by atoms with Crippen molar-refractivity contribution in [3.63, 3.8) is 0 Å². The van der Waals surface area contributed by atoms with Gasteiger partial charge in [0.15, 0.2) is 11.5 Å². The Morgan fingerprint density at radius 1 is 1.07 bits per heavy atom. The Hall–Kier alpha value is -3.61. The van der Waals surface area contributed by atoms with Crippen molar-refractivity contribution in [2.24, 2.45) is 0 Å². The fraction of sp³-hybridized carbons (Fsp3) is 0.190. The van der Waals surface area contributed by atoms with Crippen LogP contribution in [0.15, 0.2) is 48.8 Å². The van der Waals surface area contributed by atoms with Crippen LogP contribution in [0.2, 0.25) is 0 Å². The second-order valence-electron chi connectivity index (χ2n) is 6.49. The molecule has 7 nitrogen and oxygen atoms in total. The second kappa shape index (κ2) is 7.19. The van der Waals surface area contributed by atoms with E-state index < -0.39 is 0 Å². The van der Waals surface area contributed by atoms with Gasteiger partial charge in [0.05, 0.1) is 14.2 Å². The normalized spacial score (nSPS) is 11.0. The molecule has 2 aromatic heterocycles. The lowest BCUT2D eigenvalue weighted by Gasteiger charge is -2.08. The van der Waals surface area contributed by atoms with Gasteiger partial charge in [-0.15, -0.1) is 0 Å². The summed E-state index contributed by atoms with van der Waals surface area (Å²) in [5, 5.41) is 4.61. The minimum Gasteiger partial charge on any atom is -0.497 e. The lowest BCUT2D eigenvalue weighted by molar-refractivity contribution is 0.393. The fourth-order valence-electron chi connectivity index (χ4n) is 3.19. The topological polar surface area (TPSA) is 87.6 Å². The van der Waals surface area contributed by atoms with Gasteiger partial charge >= 0.3 is 0 Å². The summed E-state index contributed by atoms with van der Waals surface area (Å²) in [6, 6.07) is 11.5. The molecule has 2 heterocycles. The van der Waals surface area contributed by atoms with E-state index in [1.54, 1.807) is 31.1 Å². The SMILES string of the molecule is COc1cc(Cc2nc3c(-c4cccc(N)c4C)nccn3n2)cc(OC)c1. The maximum absolute atomic E-state index is 6.07. The molecule has 4 rings (SSSR count). The first kappa shape index (κ1) is 17.8. The molecule has 7 heteroatoms. The lowest BCUT2D eigenvalue weighted by Crippen LogP contribution is -1.97. The van der Waals surface area contributed by atoms with Crippen LogP contribution < -0.4 is 15.2 Å². The summed E-state index contributed by atoms with van der Waals surface area (Å²) in [4.78, 5) is 9.27. The maximum atomic E-state index is 6.07. The molecule has 0 saturated carbocycles. The Labute approximate surface area is 162 Å². The molecule has 0 bridgehead atoms. The van der Waals surface area contributed by atoms with E-state index in [0.29, 0.717) is 17.9 Å². The van der Waals surface area contributed by atoms with E-state index in [1.807, 2.05) is 43.3 Å². The average Bonchev–Trinajstić information content (AvgIpc) is 3.12. The van der Waals surface area contributed by atoms with E-state index in [4.69, 9.17) is 20.2 Å². The molecule has 0 fully saturated rings. The van der Waals surface area contributed by atoms with Gasteiger partial charge in [-0.3, -0.25) is 4.98 Å². The van der Waals surface area contributed by atoms with Gasteiger partial charge in [-0.25, -0.2) is 9.50 Å². The molecule has 0 unspecified atom stereocenters. The predicted octanol–water partition coefficient (Wildman–Crippen LogP) is 3.29. The van der Waals surface area contributed by atoms with E-state index in [9.17, 15) is 0 Å². The average molecular weight is 375 g/mol. The number of aromatic nitrogens is 4. The van der Waals surface area contributed by atoms with Crippen LogP contribution in [0.25, 0.3) is 16.9 Å². The highest BCUT2D eigenvalue weighted by atomic mass is 16.5. The molecule has 0 saturated heterocycles. The summed E-state index contributed by atoms with van der Waals surface area (Å²) in [7, 11) is 3.27. The van der Waals surface area contributed by atoms with Crippen molar-refractivity contribution in [1.82, 2.24) is 19.6 Å². The molecule has 0 aliphatic carbocycles. The van der Waals surface area contributed by atoms with Crippen LogP contribution >= 0.6 is 0 Å². The number of nitrogens with zero attached hydrogens (tertiary/aromatic N) is 4. The van der Waals surface area contributed by atoms with Crippen LogP contribution in [0.4, 0.5) is 5.69 Å². The zero-order valence-electron chi connectivity index (χ0n) is 16.0. The number of fused-ring (bicyclic) bond motifs is 1. The van der Waals surface area contributed by atoms with Crippen molar-refractivity contribution in [3.8, 4) is 22.8 Å². The fourth-order valence-corrected chi connectivity index (χ4v) is 3.19. The van der Waals surface area contributed by atoms with E-state index >= 15 is 0 Å². The number of anilines is 1. The van der Waals surface area contributed by atoms with Gasteiger partial charge in [0.2, 0.25) is 0 Å². The van der Waals surface area contributed by atoms with E-state index in [1.165, 1.54) is 0 Å². The molecule has 0 aliphatic heterocycles. The van der Waals surface area contributed by atoms with E-state index in [2.05, 4.69) is 10.1 Å². The van der Waals surface area contributed by atoms with Crippen molar-refractivity contribution < 1.29 is 9.47 Å². The number of methoxy groups -OCH3 is 2. The molecule has 4 aromatic rings. The summed E-state index contributed by atoms with van der Waals surface area (Å²) in [6.45, 7) is 1.98. The van der Waals surface area contributed by atoms with Gasteiger partial charge in [-0.1, -0.05) is 12.1 Å². The van der Waals surface area contributed by atoms with Gasteiger partial charge < -0.3 is 15.2 Å². The molecular weight excluding hydrogens is 354 g/mol. The standard InChI is InChI=1S/C21H21N5O2/c1-13-17(5-4-6-18(13)22)20-21-24-19(25-26(21)8-7-23-20)11-14-9-15(27-2)12-16(10-14)28-3/h4-10,12H,11,22H2,1-3H3. The second-order valence-corrected chi connectivity index (χ2v) is 6.49. The van der Waals surface area contributed by atoms with Gasteiger partial charge in [0.25, 0.3) is 0 Å². The van der Waals surface area contributed by atoms with Gasteiger partial charge in [0.1, 0.15) is 17.2 Å². The number of ether oxygens (including phenoxy) is 2. The third-order valence-electron chi connectivity index (χ3n) is 4.70. The van der Waals surface area contributed by atoms with Crippen LogP contribution in [-0.2, 0) is 6.42 Å². The summed E-state index contributed by atoms with van der Waals surface area (Å²) < 4.78 is 12.4. The number of benzene rings is 2. The largest absolute Gasteiger partial charge is 0.497 e. The number of nitrogens with two attached hydrogens (primary N) is 1. The van der Waals surface area contributed by atoms with E-state index in [0.717, 1.165) is 39.6 Å². The highest BCUT2D eigenvalue weighted by Crippen LogP contribution is 2.28. The third kappa shape index (κ3) is 3.22. The van der Waals surface area contributed by atoms with Crippen LogP contribution in [0, 0.1) is 6.92 Å². The van der Waals surface area contributed by atoms with Crippen LogP contribution in [0.5, 0.6) is 11.5 Å². The minimum absolute atomic E-state index is 0.546. The molecule has 2 N–H and O–H groups in total. The number of rotatable bonds is 5. The number of nitrogen functional groups attached to an aromatic ring is 1. The summed E-state index contributed by atoms with van der Waals surface area (Å²) in [5.74, 6) is 2.15.